The maximum absolute atomic E-state index is 13.3. The van der Waals surface area contributed by atoms with Gasteiger partial charge in [-0.3, -0.25) is 14.5 Å². The Balaban J connectivity index is 1.66. The Morgan fingerprint density at radius 3 is 2.65 bits per heavy atom. The van der Waals surface area contributed by atoms with Crippen LogP contribution in [0.15, 0.2) is 58.3 Å². The van der Waals surface area contributed by atoms with E-state index < -0.39 is 0 Å². The predicted molar refractivity (Wildman–Crippen MR) is 134 cm³/mol. The largest absolute Gasteiger partial charge is 0.355 e. The van der Waals surface area contributed by atoms with Gasteiger partial charge in [0, 0.05) is 11.4 Å². The lowest BCUT2D eigenvalue weighted by Gasteiger charge is -2.30. The fourth-order valence-electron chi connectivity index (χ4n) is 3.26. The number of aryl methyl sites for hydroxylation is 1. The highest BCUT2D eigenvalue weighted by molar-refractivity contribution is 8.04. The van der Waals surface area contributed by atoms with E-state index in [1.165, 1.54) is 30.4 Å². The number of thioether (sulfide) groups is 2. The third kappa shape index (κ3) is 6.65. The molecule has 1 aliphatic rings. The number of hydrogen-bond donors (Lipinski definition) is 1. The number of fused-ring (bicyclic) bond motifs is 1. The van der Waals surface area contributed by atoms with E-state index in [0.717, 1.165) is 33.9 Å². The molecule has 0 aliphatic carbocycles. The van der Waals surface area contributed by atoms with Crippen LogP contribution in [0.5, 0.6) is 0 Å². The number of carbonyl (C=O) groups is 2. The van der Waals surface area contributed by atoms with E-state index in [2.05, 4.69) is 12.2 Å². The Bertz CT molecular complexity index is 943. The van der Waals surface area contributed by atoms with E-state index in [9.17, 15) is 9.59 Å². The second-order valence-corrected chi connectivity index (χ2v) is 9.80. The summed E-state index contributed by atoms with van der Waals surface area (Å²) in [6.07, 6.45) is 5.33. The molecule has 0 saturated heterocycles. The smallest absolute Gasteiger partial charge is 0.265 e. The molecule has 6 heteroatoms. The molecule has 0 saturated carbocycles. The number of unbranched alkanes of at least 4 members (excludes halogenated alkanes) is 1. The van der Waals surface area contributed by atoms with Gasteiger partial charge in [-0.05, 0) is 60.6 Å². The molecular weight excluding hydrogens is 424 g/mol. The van der Waals surface area contributed by atoms with Crippen molar-refractivity contribution in [2.75, 3.05) is 29.5 Å². The van der Waals surface area contributed by atoms with Crippen molar-refractivity contribution in [2.24, 2.45) is 0 Å². The van der Waals surface area contributed by atoms with Crippen LogP contribution in [-0.4, -0.2) is 36.4 Å². The summed E-state index contributed by atoms with van der Waals surface area (Å²) in [4.78, 5) is 29.1. The van der Waals surface area contributed by atoms with Gasteiger partial charge in [0.05, 0.1) is 10.6 Å². The summed E-state index contributed by atoms with van der Waals surface area (Å²) in [6.45, 7) is 4.90. The van der Waals surface area contributed by atoms with Crippen LogP contribution in [0.25, 0.3) is 6.08 Å². The van der Waals surface area contributed by atoms with Crippen molar-refractivity contribution in [2.45, 2.75) is 38.0 Å². The van der Waals surface area contributed by atoms with E-state index in [1.54, 1.807) is 4.90 Å². The van der Waals surface area contributed by atoms with E-state index in [4.69, 9.17) is 0 Å². The minimum absolute atomic E-state index is 0.0322. The Morgan fingerprint density at radius 2 is 1.84 bits per heavy atom. The van der Waals surface area contributed by atoms with Gasteiger partial charge < -0.3 is 5.32 Å². The van der Waals surface area contributed by atoms with Crippen LogP contribution < -0.4 is 10.2 Å². The normalized spacial score (nSPS) is 14.6. The fraction of sp³-hybridized carbons (Fsp3) is 0.360. The Kier molecular flexibility index (Phi) is 9.10. The number of rotatable bonds is 10. The first-order valence-corrected chi connectivity index (χ1v) is 12.8. The molecule has 0 unspecified atom stereocenters. The number of amides is 2. The molecule has 2 aromatic carbocycles. The third-order valence-electron chi connectivity index (χ3n) is 5.04. The van der Waals surface area contributed by atoms with Gasteiger partial charge in [0.2, 0.25) is 5.91 Å². The van der Waals surface area contributed by atoms with Crippen LogP contribution in [0, 0.1) is 6.92 Å². The molecule has 0 atom stereocenters. The van der Waals surface area contributed by atoms with Crippen molar-refractivity contribution >= 4 is 47.1 Å². The zero-order valence-electron chi connectivity index (χ0n) is 18.2. The molecule has 0 bridgehead atoms. The first-order chi connectivity index (χ1) is 15.1. The van der Waals surface area contributed by atoms with Gasteiger partial charge in [0.25, 0.3) is 5.91 Å². The molecule has 1 heterocycles. The van der Waals surface area contributed by atoms with Crippen LogP contribution in [0.3, 0.4) is 0 Å². The highest BCUT2D eigenvalue weighted by Gasteiger charge is 2.30. The Hall–Kier alpha value is -2.18. The van der Waals surface area contributed by atoms with Crippen molar-refractivity contribution in [3.8, 4) is 0 Å². The van der Waals surface area contributed by atoms with Crippen molar-refractivity contribution < 1.29 is 9.59 Å². The number of nitrogens with zero attached hydrogens (tertiary/aromatic N) is 1. The molecule has 1 aliphatic heterocycles. The highest BCUT2D eigenvalue weighted by atomic mass is 32.2. The highest BCUT2D eigenvalue weighted by Crippen LogP contribution is 2.42. The molecule has 3 rings (SSSR count). The van der Waals surface area contributed by atoms with E-state index >= 15 is 0 Å². The van der Waals surface area contributed by atoms with Gasteiger partial charge >= 0.3 is 0 Å². The molecule has 31 heavy (non-hydrogen) atoms. The monoisotopic (exact) mass is 454 g/mol. The topological polar surface area (TPSA) is 49.4 Å². The summed E-state index contributed by atoms with van der Waals surface area (Å²) < 4.78 is 0. The lowest BCUT2D eigenvalue weighted by Crippen LogP contribution is -2.43. The minimum atomic E-state index is -0.128. The average Bonchev–Trinajstić information content (AvgIpc) is 2.77. The van der Waals surface area contributed by atoms with Crippen molar-refractivity contribution in [3.05, 3.63) is 64.6 Å². The van der Waals surface area contributed by atoms with Crippen LogP contribution in [0.2, 0.25) is 0 Å². The summed E-state index contributed by atoms with van der Waals surface area (Å²) in [6, 6.07) is 15.8. The lowest BCUT2D eigenvalue weighted by molar-refractivity contribution is -0.122. The van der Waals surface area contributed by atoms with Gasteiger partial charge in [-0.1, -0.05) is 61.5 Å². The SMILES string of the molecule is CCCCSCCCNC(=O)CN1C(=O)C(=Cc2ccccc2C)Sc2ccccc21. The van der Waals surface area contributed by atoms with Gasteiger partial charge in [-0.15, -0.1) is 0 Å². The van der Waals surface area contributed by atoms with E-state index in [0.29, 0.717) is 11.4 Å². The van der Waals surface area contributed by atoms with Gasteiger partial charge in [-0.25, -0.2) is 0 Å². The molecule has 0 radical (unpaired) electrons. The molecular formula is C25H30N2O2S2. The van der Waals surface area contributed by atoms with Crippen molar-refractivity contribution in [1.82, 2.24) is 5.32 Å². The Morgan fingerprint density at radius 1 is 1.10 bits per heavy atom. The molecule has 0 fully saturated rings. The van der Waals surface area contributed by atoms with E-state index in [-0.39, 0.29) is 18.4 Å². The summed E-state index contributed by atoms with van der Waals surface area (Å²) in [7, 11) is 0. The maximum Gasteiger partial charge on any atom is 0.265 e. The summed E-state index contributed by atoms with van der Waals surface area (Å²) in [5.41, 5.74) is 2.93. The Labute approximate surface area is 193 Å². The standard InChI is InChI=1S/C25H30N2O2S2/c1-3-4-15-30-16-9-14-26-24(28)18-27-21-12-7-8-13-22(21)31-23(25(27)29)17-20-11-6-5-10-19(20)2/h5-8,10-13,17H,3-4,9,14-16,18H2,1-2H3,(H,26,28). The van der Waals surface area contributed by atoms with Crippen molar-refractivity contribution in [3.63, 3.8) is 0 Å². The molecule has 164 valence electrons. The summed E-state index contributed by atoms with van der Waals surface area (Å²) in [5.74, 6) is 1.98. The molecule has 4 nitrogen and oxygen atoms in total. The quantitative estimate of drug-likeness (QED) is 0.380. The lowest BCUT2D eigenvalue weighted by atomic mass is 10.1. The molecule has 0 aromatic heterocycles. The van der Waals surface area contributed by atoms with Crippen LogP contribution in [0.4, 0.5) is 5.69 Å². The first-order valence-electron chi connectivity index (χ1n) is 10.8. The van der Waals surface area contributed by atoms with Crippen molar-refractivity contribution in [1.29, 1.82) is 0 Å². The molecule has 2 aromatic rings. The zero-order valence-corrected chi connectivity index (χ0v) is 19.9. The fourth-order valence-corrected chi connectivity index (χ4v) is 5.35. The second kappa shape index (κ2) is 12.0. The number of nitrogens with one attached hydrogen (secondary N) is 1. The maximum atomic E-state index is 13.3. The predicted octanol–water partition coefficient (Wildman–Crippen LogP) is 5.51. The first kappa shape index (κ1) is 23.5. The second-order valence-electron chi connectivity index (χ2n) is 7.50. The summed E-state index contributed by atoms with van der Waals surface area (Å²) in [5, 5.41) is 2.97. The van der Waals surface area contributed by atoms with E-state index in [1.807, 2.05) is 73.3 Å². The van der Waals surface area contributed by atoms with Crippen LogP contribution in [-0.2, 0) is 9.59 Å². The third-order valence-corrected chi connectivity index (χ3v) is 7.27. The molecule has 0 spiro atoms. The number of benzene rings is 2. The molecule has 2 amide bonds. The van der Waals surface area contributed by atoms with Crippen LogP contribution >= 0.6 is 23.5 Å². The number of hydrogen-bond acceptors (Lipinski definition) is 4. The molecule has 1 N–H and O–H groups in total. The minimum Gasteiger partial charge on any atom is -0.355 e. The number of para-hydroxylation sites is 1. The van der Waals surface area contributed by atoms with Gasteiger partial charge in [-0.2, -0.15) is 11.8 Å². The van der Waals surface area contributed by atoms with Crippen LogP contribution in [0.1, 0.15) is 37.3 Å². The van der Waals surface area contributed by atoms with Gasteiger partial charge in [0.1, 0.15) is 6.54 Å². The average molecular weight is 455 g/mol. The zero-order chi connectivity index (χ0) is 22.1. The number of anilines is 1. The van der Waals surface area contributed by atoms with Gasteiger partial charge in [0.15, 0.2) is 0 Å². The summed E-state index contributed by atoms with van der Waals surface area (Å²) >= 11 is 3.40. The number of carbonyl (C=O) groups excluding carboxylic acids is 2.